The van der Waals surface area contributed by atoms with Gasteiger partial charge in [0.2, 0.25) is 0 Å². The molecule has 7 nitrogen and oxygen atoms in total. The van der Waals surface area contributed by atoms with Crippen LogP contribution in [0.15, 0.2) is 17.2 Å². The van der Waals surface area contributed by atoms with Gasteiger partial charge in [-0.15, -0.1) is 11.3 Å². The van der Waals surface area contributed by atoms with Crippen molar-refractivity contribution in [2.75, 3.05) is 6.61 Å². The Morgan fingerprint density at radius 2 is 2.04 bits per heavy atom. The van der Waals surface area contributed by atoms with Crippen molar-refractivity contribution in [1.82, 2.24) is 14.5 Å². The number of aromatic amines is 1. The largest absolute Gasteiger partial charge is 0.462 e. The number of nitrogens with one attached hydrogen (secondary N) is 1. The van der Waals surface area contributed by atoms with Crippen molar-refractivity contribution < 1.29 is 14.3 Å². The Balaban J connectivity index is 2.00. The summed E-state index contributed by atoms with van der Waals surface area (Å²) in [6.45, 7) is 7.26. The first-order valence-electron chi connectivity index (χ1n) is 8.18. The number of aromatic nitrogens is 3. The van der Waals surface area contributed by atoms with Crippen molar-refractivity contribution in [2.24, 2.45) is 0 Å². The molecular weight excluding hydrogens is 354 g/mol. The van der Waals surface area contributed by atoms with Crippen LogP contribution in [-0.2, 0) is 11.3 Å². The van der Waals surface area contributed by atoms with Crippen LogP contribution in [0, 0.1) is 20.8 Å². The first kappa shape index (κ1) is 18.1. The minimum absolute atomic E-state index is 0.107. The third-order valence-corrected chi connectivity index (χ3v) is 5.32. The van der Waals surface area contributed by atoms with Crippen molar-refractivity contribution in [3.8, 4) is 0 Å². The highest BCUT2D eigenvalue weighted by Crippen LogP contribution is 2.27. The lowest BCUT2D eigenvalue weighted by Crippen LogP contribution is -2.24. The van der Waals surface area contributed by atoms with Gasteiger partial charge in [0.25, 0.3) is 5.56 Å². The second-order valence-corrected chi connectivity index (χ2v) is 7.05. The van der Waals surface area contributed by atoms with E-state index in [1.54, 1.807) is 19.9 Å². The van der Waals surface area contributed by atoms with Crippen LogP contribution >= 0.6 is 11.3 Å². The maximum absolute atomic E-state index is 12.8. The number of ether oxygens (including phenoxy) is 1. The summed E-state index contributed by atoms with van der Waals surface area (Å²) in [5.41, 5.74) is 2.42. The number of esters is 1. The SMILES string of the molecule is CCOC(=O)c1sc2ncn(CC(=O)c3cc(C)[nH]c3C)c(=O)c2c1C. The molecule has 0 aromatic carbocycles. The Morgan fingerprint density at radius 3 is 2.65 bits per heavy atom. The smallest absolute Gasteiger partial charge is 0.348 e. The predicted octanol–water partition coefficient (Wildman–Crippen LogP) is 2.77. The molecule has 0 atom stereocenters. The maximum atomic E-state index is 12.8. The van der Waals surface area contributed by atoms with Gasteiger partial charge in [-0.1, -0.05) is 0 Å². The first-order chi connectivity index (χ1) is 12.3. The molecule has 0 saturated heterocycles. The molecule has 1 N–H and O–H groups in total. The average Bonchev–Trinajstić information content (AvgIpc) is 3.10. The molecule has 3 aromatic rings. The van der Waals surface area contributed by atoms with E-state index in [0.29, 0.717) is 26.2 Å². The highest BCUT2D eigenvalue weighted by atomic mass is 32.1. The molecule has 3 aromatic heterocycles. The number of carbonyl (C=O) groups is 2. The van der Waals surface area contributed by atoms with Crippen molar-refractivity contribution in [3.63, 3.8) is 0 Å². The fourth-order valence-corrected chi connectivity index (χ4v) is 3.95. The van der Waals surface area contributed by atoms with Gasteiger partial charge in [0.15, 0.2) is 5.78 Å². The lowest BCUT2D eigenvalue weighted by molar-refractivity contribution is 0.0531. The Hall–Kier alpha value is -2.74. The number of H-pyrrole nitrogens is 1. The Kier molecular flexibility index (Phi) is 4.78. The molecule has 8 heteroatoms. The summed E-state index contributed by atoms with van der Waals surface area (Å²) in [6.07, 6.45) is 1.35. The molecular formula is C18H19N3O4S. The van der Waals surface area contributed by atoms with E-state index >= 15 is 0 Å². The zero-order valence-corrected chi connectivity index (χ0v) is 15.8. The fourth-order valence-electron chi connectivity index (χ4n) is 2.92. The fraction of sp³-hybridized carbons (Fsp3) is 0.333. The van der Waals surface area contributed by atoms with Crippen molar-refractivity contribution >= 4 is 33.3 Å². The van der Waals surface area contributed by atoms with Crippen LogP contribution in [0.4, 0.5) is 0 Å². The lowest BCUT2D eigenvalue weighted by Gasteiger charge is -2.05. The van der Waals surface area contributed by atoms with E-state index in [0.717, 1.165) is 22.7 Å². The molecule has 0 aliphatic carbocycles. The van der Waals surface area contributed by atoms with Crippen LogP contribution < -0.4 is 5.56 Å². The van der Waals surface area contributed by atoms with E-state index in [1.807, 2.05) is 13.8 Å². The van der Waals surface area contributed by atoms with Gasteiger partial charge in [0.1, 0.15) is 9.71 Å². The van der Waals surface area contributed by atoms with Crippen molar-refractivity contribution in [1.29, 1.82) is 0 Å². The minimum Gasteiger partial charge on any atom is -0.462 e. The highest BCUT2D eigenvalue weighted by molar-refractivity contribution is 7.20. The standard InChI is InChI=1S/C18H19N3O4S/c1-5-25-18(24)15-10(3)14-16(26-15)19-8-21(17(14)23)7-13(22)12-6-9(2)20-11(12)4/h6,8,20H,5,7H2,1-4H3. The number of nitrogens with zero attached hydrogens (tertiary/aromatic N) is 2. The predicted molar refractivity (Wildman–Crippen MR) is 99.2 cm³/mol. The normalized spacial score (nSPS) is 11.1. The van der Waals surface area contributed by atoms with Crippen LogP contribution in [0.25, 0.3) is 10.2 Å². The average molecular weight is 373 g/mol. The summed E-state index contributed by atoms with van der Waals surface area (Å²) in [6, 6.07) is 1.77. The second-order valence-electron chi connectivity index (χ2n) is 6.05. The Morgan fingerprint density at radius 1 is 1.31 bits per heavy atom. The minimum atomic E-state index is -0.464. The molecule has 0 saturated carbocycles. The topological polar surface area (TPSA) is 94.0 Å². The molecule has 3 heterocycles. The van der Waals surface area contributed by atoms with Gasteiger partial charge in [-0.05, 0) is 39.3 Å². The quantitative estimate of drug-likeness (QED) is 0.548. The molecule has 26 heavy (non-hydrogen) atoms. The molecule has 0 radical (unpaired) electrons. The highest BCUT2D eigenvalue weighted by Gasteiger charge is 2.21. The summed E-state index contributed by atoms with van der Waals surface area (Å²) < 4.78 is 6.30. The first-order valence-corrected chi connectivity index (χ1v) is 9.00. The second kappa shape index (κ2) is 6.87. The van der Waals surface area contributed by atoms with E-state index in [4.69, 9.17) is 4.74 Å². The molecule has 3 rings (SSSR count). The summed E-state index contributed by atoms with van der Waals surface area (Å²) in [4.78, 5) is 45.6. The van der Waals surface area contributed by atoms with E-state index in [9.17, 15) is 14.4 Å². The molecule has 0 bridgehead atoms. The number of hydrogen-bond acceptors (Lipinski definition) is 6. The molecule has 0 unspecified atom stereocenters. The summed E-state index contributed by atoms with van der Waals surface area (Å²) in [5, 5.41) is 0.357. The molecule has 0 aliphatic rings. The van der Waals surface area contributed by atoms with E-state index in [2.05, 4.69) is 9.97 Å². The van der Waals surface area contributed by atoms with Crippen molar-refractivity contribution in [3.05, 3.63) is 50.1 Å². The summed E-state index contributed by atoms with van der Waals surface area (Å²) in [7, 11) is 0. The molecule has 0 spiro atoms. The van der Waals surface area contributed by atoms with Crippen molar-refractivity contribution in [2.45, 2.75) is 34.2 Å². The zero-order chi connectivity index (χ0) is 19.0. The van der Waals surface area contributed by atoms with Gasteiger partial charge >= 0.3 is 5.97 Å². The monoisotopic (exact) mass is 373 g/mol. The number of ketones is 1. The van der Waals surface area contributed by atoms with Crippen LogP contribution in [0.5, 0.6) is 0 Å². The van der Waals surface area contributed by atoms with Crippen LogP contribution in [0.1, 0.15) is 43.9 Å². The van der Waals surface area contributed by atoms with Gasteiger partial charge in [0, 0.05) is 17.0 Å². The number of aryl methyl sites for hydroxylation is 3. The number of thiophene rings is 1. The zero-order valence-electron chi connectivity index (χ0n) is 15.0. The van der Waals surface area contributed by atoms with Crippen LogP contribution in [0.2, 0.25) is 0 Å². The lowest BCUT2D eigenvalue weighted by atomic mass is 10.1. The van der Waals surface area contributed by atoms with Crippen LogP contribution in [0.3, 0.4) is 0 Å². The molecule has 136 valence electrons. The third-order valence-electron chi connectivity index (χ3n) is 4.14. The molecule has 0 aliphatic heterocycles. The summed E-state index contributed by atoms with van der Waals surface area (Å²) in [5.74, 6) is -0.637. The van der Waals surface area contributed by atoms with Crippen LogP contribution in [-0.4, -0.2) is 32.9 Å². The Labute approximate surface area is 153 Å². The number of Topliss-reactive ketones (excluding diaryl/α,β-unsaturated/α-hetero) is 1. The van der Waals surface area contributed by atoms with E-state index in [-0.39, 0.29) is 24.5 Å². The number of hydrogen-bond donors (Lipinski definition) is 1. The number of fused-ring (bicyclic) bond motifs is 1. The maximum Gasteiger partial charge on any atom is 0.348 e. The number of rotatable bonds is 5. The van der Waals surface area contributed by atoms with Gasteiger partial charge in [-0.3, -0.25) is 14.2 Å². The molecule has 0 fully saturated rings. The summed E-state index contributed by atoms with van der Waals surface area (Å²) >= 11 is 1.13. The third kappa shape index (κ3) is 3.08. The molecule has 0 amide bonds. The van der Waals surface area contributed by atoms with E-state index < -0.39 is 5.97 Å². The number of carbonyl (C=O) groups excluding carboxylic acids is 2. The van der Waals surface area contributed by atoms with Gasteiger partial charge < -0.3 is 9.72 Å². The van der Waals surface area contributed by atoms with Gasteiger partial charge in [-0.2, -0.15) is 0 Å². The Bertz CT molecular complexity index is 1070. The van der Waals surface area contributed by atoms with Gasteiger partial charge in [0.05, 0.1) is 24.9 Å². The van der Waals surface area contributed by atoms with Gasteiger partial charge in [-0.25, -0.2) is 9.78 Å². The van der Waals surface area contributed by atoms with E-state index in [1.165, 1.54) is 10.9 Å².